The number of nitrogens with zero attached hydrogens (tertiary/aromatic N) is 1. The Morgan fingerprint density at radius 2 is 1.86 bits per heavy atom. The van der Waals surface area contributed by atoms with E-state index in [4.69, 9.17) is 11.6 Å². The predicted octanol–water partition coefficient (Wildman–Crippen LogP) is 4.43. The standard InChI is InChI=1S/C20H20ClN3O3S2/c1-2-16-12-17(8-9-18(16)22-13-15-6-4-3-5-7-15)24(14-25)23-29(26,27)20-11-10-19(21)28-20/h3-12,14,22-23H,2,13H2,1H3. The van der Waals surface area contributed by atoms with Gasteiger partial charge in [0.1, 0.15) is 4.21 Å². The molecule has 0 fully saturated rings. The van der Waals surface area contributed by atoms with Crippen molar-refractivity contribution in [3.8, 4) is 0 Å². The third-order valence-corrected chi connectivity index (χ3v) is 7.25. The number of carbonyl (C=O) groups is 1. The van der Waals surface area contributed by atoms with Crippen LogP contribution in [0.5, 0.6) is 0 Å². The van der Waals surface area contributed by atoms with Crippen molar-refractivity contribution >= 4 is 50.7 Å². The van der Waals surface area contributed by atoms with E-state index in [1.165, 1.54) is 12.1 Å². The summed E-state index contributed by atoms with van der Waals surface area (Å²) in [6, 6.07) is 18.2. The van der Waals surface area contributed by atoms with Gasteiger partial charge in [-0.1, -0.05) is 48.9 Å². The Bertz CT molecular complexity index is 1090. The number of anilines is 2. The summed E-state index contributed by atoms with van der Waals surface area (Å²) < 4.78 is 25.4. The van der Waals surface area contributed by atoms with Crippen LogP contribution in [0.25, 0.3) is 0 Å². The smallest absolute Gasteiger partial charge is 0.267 e. The lowest BCUT2D eigenvalue weighted by molar-refractivity contribution is -0.107. The minimum absolute atomic E-state index is 0.0335. The largest absolute Gasteiger partial charge is 0.381 e. The Morgan fingerprint density at radius 3 is 2.48 bits per heavy atom. The number of thiophene rings is 1. The van der Waals surface area contributed by atoms with E-state index in [9.17, 15) is 13.2 Å². The van der Waals surface area contributed by atoms with E-state index in [-0.39, 0.29) is 4.21 Å². The van der Waals surface area contributed by atoms with Gasteiger partial charge in [0, 0.05) is 12.2 Å². The first-order valence-electron chi connectivity index (χ1n) is 8.86. The van der Waals surface area contributed by atoms with Crippen LogP contribution in [0.4, 0.5) is 11.4 Å². The topological polar surface area (TPSA) is 78.5 Å². The van der Waals surface area contributed by atoms with Crippen molar-refractivity contribution in [3.05, 3.63) is 76.1 Å². The molecule has 152 valence electrons. The maximum Gasteiger partial charge on any atom is 0.267 e. The lowest BCUT2D eigenvalue weighted by Crippen LogP contribution is -2.41. The molecule has 0 bridgehead atoms. The second kappa shape index (κ2) is 9.41. The average Bonchev–Trinajstić information content (AvgIpc) is 3.18. The number of benzene rings is 2. The number of halogens is 1. The van der Waals surface area contributed by atoms with Crippen molar-refractivity contribution in [2.75, 3.05) is 10.3 Å². The molecular weight excluding hydrogens is 430 g/mol. The van der Waals surface area contributed by atoms with Crippen molar-refractivity contribution in [2.45, 2.75) is 24.1 Å². The van der Waals surface area contributed by atoms with Gasteiger partial charge in [0.25, 0.3) is 10.0 Å². The van der Waals surface area contributed by atoms with Gasteiger partial charge < -0.3 is 5.32 Å². The number of nitrogens with one attached hydrogen (secondary N) is 2. The Kier molecular flexibility index (Phi) is 6.92. The summed E-state index contributed by atoms with van der Waals surface area (Å²) in [5.74, 6) is 0. The Labute approximate surface area is 179 Å². The van der Waals surface area contributed by atoms with Crippen LogP contribution in [-0.2, 0) is 27.8 Å². The molecule has 2 N–H and O–H groups in total. The number of hydrazine groups is 1. The van der Waals surface area contributed by atoms with Gasteiger partial charge in [-0.15, -0.1) is 16.2 Å². The van der Waals surface area contributed by atoms with Crippen molar-refractivity contribution in [3.63, 3.8) is 0 Å². The molecule has 3 rings (SSSR count). The first kappa shape index (κ1) is 21.3. The summed E-state index contributed by atoms with van der Waals surface area (Å²) >= 11 is 6.74. The number of aryl methyl sites for hydroxylation is 1. The van der Waals surface area contributed by atoms with Crippen molar-refractivity contribution in [1.82, 2.24) is 4.83 Å². The molecule has 1 heterocycles. The molecule has 1 aromatic heterocycles. The molecule has 0 spiro atoms. The van der Waals surface area contributed by atoms with E-state index in [1.54, 1.807) is 12.1 Å². The molecule has 0 saturated heterocycles. The van der Waals surface area contributed by atoms with Crippen molar-refractivity contribution in [1.29, 1.82) is 0 Å². The summed E-state index contributed by atoms with van der Waals surface area (Å²) in [6.07, 6.45) is 1.14. The average molecular weight is 450 g/mol. The fourth-order valence-corrected chi connectivity index (χ4v) is 5.22. The lowest BCUT2D eigenvalue weighted by atomic mass is 10.1. The van der Waals surface area contributed by atoms with Gasteiger partial charge in [-0.3, -0.25) is 4.79 Å². The van der Waals surface area contributed by atoms with Crippen LogP contribution in [0.3, 0.4) is 0 Å². The van der Waals surface area contributed by atoms with Gasteiger partial charge in [-0.25, -0.2) is 13.4 Å². The SMILES string of the molecule is CCc1cc(N(C=O)NS(=O)(=O)c2ccc(Cl)s2)ccc1NCc1ccccc1. The fraction of sp³-hybridized carbons (Fsp3) is 0.150. The van der Waals surface area contributed by atoms with Crippen molar-refractivity contribution in [2.24, 2.45) is 0 Å². The molecule has 9 heteroatoms. The van der Waals surface area contributed by atoms with Crippen LogP contribution in [0.1, 0.15) is 18.1 Å². The van der Waals surface area contributed by atoms with E-state index in [2.05, 4.69) is 10.1 Å². The highest BCUT2D eigenvalue weighted by molar-refractivity contribution is 7.91. The normalized spacial score (nSPS) is 11.2. The maximum atomic E-state index is 12.5. The molecule has 1 amide bonds. The van der Waals surface area contributed by atoms with Crippen LogP contribution in [0, 0.1) is 0 Å². The first-order valence-corrected chi connectivity index (χ1v) is 11.5. The number of hydrogen-bond acceptors (Lipinski definition) is 5. The van der Waals surface area contributed by atoms with Gasteiger partial charge in [0.05, 0.1) is 10.0 Å². The number of sulfonamides is 1. The van der Waals surface area contributed by atoms with E-state index < -0.39 is 10.0 Å². The van der Waals surface area contributed by atoms with Gasteiger partial charge >= 0.3 is 0 Å². The minimum Gasteiger partial charge on any atom is -0.381 e. The zero-order valence-electron chi connectivity index (χ0n) is 15.6. The van der Waals surface area contributed by atoms with Gasteiger partial charge in [0.15, 0.2) is 0 Å². The van der Waals surface area contributed by atoms with E-state index in [0.717, 1.165) is 33.2 Å². The summed E-state index contributed by atoms with van der Waals surface area (Å²) in [4.78, 5) is 13.9. The van der Waals surface area contributed by atoms with Crippen molar-refractivity contribution < 1.29 is 13.2 Å². The Balaban J connectivity index is 1.79. The molecule has 2 aromatic carbocycles. The predicted molar refractivity (Wildman–Crippen MR) is 118 cm³/mol. The quantitative estimate of drug-likeness (QED) is 0.374. The molecule has 0 aliphatic rings. The minimum atomic E-state index is -3.91. The summed E-state index contributed by atoms with van der Waals surface area (Å²) in [6.45, 7) is 2.66. The Hall–Kier alpha value is -2.39. The zero-order valence-corrected chi connectivity index (χ0v) is 18.0. The van der Waals surface area contributed by atoms with Crippen LogP contribution in [0.2, 0.25) is 4.34 Å². The summed E-state index contributed by atoms with van der Waals surface area (Å²) in [5, 5.41) is 4.33. The molecule has 29 heavy (non-hydrogen) atoms. The molecule has 0 saturated carbocycles. The molecule has 0 aliphatic heterocycles. The molecule has 0 unspecified atom stereocenters. The monoisotopic (exact) mass is 449 g/mol. The summed E-state index contributed by atoms with van der Waals surface area (Å²) in [5.41, 5.74) is 3.46. The fourth-order valence-electron chi connectivity index (χ4n) is 2.74. The van der Waals surface area contributed by atoms with Crippen LogP contribution in [0.15, 0.2) is 64.9 Å². The van der Waals surface area contributed by atoms with Crippen LogP contribution >= 0.6 is 22.9 Å². The first-order chi connectivity index (χ1) is 13.9. The third-order valence-electron chi connectivity index (χ3n) is 4.21. The summed E-state index contributed by atoms with van der Waals surface area (Å²) in [7, 11) is -3.91. The molecule has 0 radical (unpaired) electrons. The van der Waals surface area contributed by atoms with E-state index in [1.807, 2.05) is 43.3 Å². The van der Waals surface area contributed by atoms with E-state index >= 15 is 0 Å². The zero-order chi connectivity index (χ0) is 20.9. The lowest BCUT2D eigenvalue weighted by Gasteiger charge is -2.20. The second-order valence-corrected chi connectivity index (χ2v) is 9.77. The van der Waals surface area contributed by atoms with Gasteiger partial charge in [-0.2, -0.15) is 0 Å². The number of amides is 1. The molecule has 0 aliphatic carbocycles. The van der Waals surface area contributed by atoms with Crippen LogP contribution in [-0.4, -0.2) is 14.8 Å². The number of hydrogen-bond donors (Lipinski definition) is 2. The van der Waals surface area contributed by atoms with Crippen LogP contribution < -0.4 is 15.2 Å². The third kappa shape index (κ3) is 5.36. The Morgan fingerprint density at radius 1 is 1.10 bits per heavy atom. The number of carbonyl (C=O) groups excluding carboxylic acids is 1. The van der Waals surface area contributed by atoms with Gasteiger partial charge in [0.2, 0.25) is 6.41 Å². The molecular formula is C20H20ClN3O3S2. The maximum absolute atomic E-state index is 12.5. The second-order valence-electron chi connectivity index (χ2n) is 6.16. The molecule has 3 aromatic rings. The number of rotatable bonds is 9. The highest BCUT2D eigenvalue weighted by Gasteiger charge is 2.21. The molecule has 6 nitrogen and oxygen atoms in total. The van der Waals surface area contributed by atoms with Gasteiger partial charge in [-0.05, 0) is 47.9 Å². The van der Waals surface area contributed by atoms with E-state index in [0.29, 0.717) is 29.4 Å². The highest BCUT2D eigenvalue weighted by atomic mass is 35.5. The highest BCUT2D eigenvalue weighted by Crippen LogP contribution is 2.27. The molecule has 0 atom stereocenters.